The van der Waals surface area contributed by atoms with Gasteiger partial charge in [0.25, 0.3) is 5.91 Å². The number of carbonyl (C=O) groups is 1. The summed E-state index contributed by atoms with van der Waals surface area (Å²) in [5, 5.41) is 5.65. The zero-order valence-electron chi connectivity index (χ0n) is 14.1. The first kappa shape index (κ1) is 17.5. The number of nitrogens with zero attached hydrogens (tertiary/aromatic N) is 1. The molecule has 0 aliphatic rings. The van der Waals surface area contributed by atoms with Crippen LogP contribution in [0.2, 0.25) is 0 Å². The zero-order chi connectivity index (χ0) is 18.5. The van der Waals surface area contributed by atoms with E-state index < -0.39 is 17.5 Å². The Morgan fingerprint density at radius 1 is 1.04 bits per heavy atom. The Bertz CT molecular complexity index is 944. The molecular weight excluding hydrogens is 336 g/mol. The topological polar surface area (TPSA) is 54.0 Å². The van der Waals surface area contributed by atoms with Gasteiger partial charge in [-0.1, -0.05) is 25.1 Å². The largest absolute Gasteiger partial charge is 0.355 e. The highest BCUT2D eigenvalue weighted by Gasteiger charge is 2.12. The second-order valence-electron chi connectivity index (χ2n) is 5.64. The van der Waals surface area contributed by atoms with Gasteiger partial charge >= 0.3 is 0 Å². The van der Waals surface area contributed by atoms with Gasteiger partial charge in [0.2, 0.25) is 0 Å². The third kappa shape index (κ3) is 4.03. The molecule has 2 aromatic carbocycles. The molecule has 0 radical (unpaired) electrons. The first-order valence-corrected chi connectivity index (χ1v) is 8.14. The van der Waals surface area contributed by atoms with Crippen LogP contribution < -0.4 is 10.6 Å². The van der Waals surface area contributed by atoms with Crippen LogP contribution in [0, 0.1) is 11.6 Å². The highest BCUT2D eigenvalue weighted by atomic mass is 19.1. The molecule has 1 amide bonds. The van der Waals surface area contributed by atoms with Gasteiger partial charge in [0.15, 0.2) is 0 Å². The molecule has 1 aromatic heterocycles. The summed E-state index contributed by atoms with van der Waals surface area (Å²) in [6, 6.07) is 14.1. The summed E-state index contributed by atoms with van der Waals surface area (Å²) < 4.78 is 26.6. The fourth-order valence-corrected chi connectivity index (χ4v) is 2.52. The van der Waals surface area contributed by atoms with E-state index in [4.69, 9.17) is 0 Å². The normalized spacial score (nSPS) is 10.4. The van der Waals surface area contributed by atoms with Crippen molar-refractivity contribution in [2.45, 2.75) is 13.3 Å². The van der Waals surface area contributed by atoms with E-state index in [0.717, 1.165) is 23.7 Å². The maximum Gasteiger partial charge on any atom is 0.274 e. The van der Waals surface area contributed by atoms with Crippen LogP contribution in [0.15, 0.2) is 60.8 Å². The van der Waals surface area contributed by atoms with Crippen LogP contribution in [0.1, 0.15) is 23.0 Å². The molecule has 2 N–H and O–H groups in total. The minimum atomic E-state index is -0.843. The van der Waals surface area contributed by atoms with Gasteiger partial charge in [0.05, 0.1) is 5.69 Å². The number of anilines is 3. The van der Waals surface area contributed by atoms with E-state index in [2.05, 4.69) is 22.5 Å². The van der Waals surface area contributed by atoms with E-state index >= 15 is 0 Å². The van der Waals surface area contributed by atoms with Gasteiger partial charge in [-0.15, -0.1) is 0 Å². The van der Waals surface area contributed by atoms with Crippen molar-refractivity contribution in [3.8, 4) is 0 Å². The van der Waals surface area contributed by atoms with E-state index in [1.54, 1.807) is 12.1 Å². The van der Waals surface area contributed by atoms with E-state index in [-0.39, 0.29) is 11.4 Å². The Balaban J connectivity index is 1.79. The number of rotatable bonds is 5. The average molecular weight is 353 g/mol. The molecule has 0 aliphatic heterocycles. The lowest BCUT2D eigenvalue weighted by molar-refractivity contribution is 0.102. The molecule has 0 saturated heterocycles. The van der Waals surface area contributed by atoms with Crippen LogP contribution in [-0.4, -0.2) is 10.9 Å². The van der Waals surface area contributed by atoms with Crippen molar-refractivity contribution in [1.82, 2.24) is 4.98 Å². The van der Waals surface area contributed by atoms with Gasteiger partial charge in [0, 0.05) is 23.6 Å². The second-order valence-corrected chi connectivity index (χ2v) is 5.64. The third-order valence-electron chi connectivity index (χ3n) is 3.85. The van der Waals surface area contributed by atoms with Crippen molar-refractivity contribution < 1.29 is 13.6 Å². The summed E-state index contributed by atoms with van der Waals surface area (Å²) in [6.07, 6.45) is 2.36. The molecule has 0 aliphatic carbocycles. The molecule has 1 heterocycles. The Morgan fingerprint density at radius 2 is 1.85 bits per heavy atom. The van der Waals surface area contributed by atoms with Crippen molar-refractivity contribution in [3.05, 3.63) is 83.7 Å². The summed E-state index contributed by atoms with van der Waals surface area (Å²) in [6.45, 7) is 2.06. The lowest BCUT2D eigenvalue weighted by atomic mass is 10.1. The summed E-state index contributed by atoms with van der Waals surface area (Å²) in [5.74, 6) is -2.13. The zero-order valence-corrected chi connectivity index (χ0v) is 14.1. The van der Waals surface area contributed by atoms with Crippen LogP contribution in [0.5, 0.6) is 0 Å². The minimum absolute atomic E-state index is 0.104. The maximum absolute atomic E-state index is 13.7. The lowest BCUT2D eigenvalue weighted by Crippen LogP contribution is -2.15. The molecule has 6 heteroatoms. The van der Waals surface area contributed by atoms with Gasteiger partial charge in [-0.05, 0) is 42.3 Å². The predicted molar refractivity (Wildman–Crippen MR) is 97.7 cm³/mol. The molecular formula is C20H17F2N3O. The first-order chi connectivity index (χ1) is 12.6. The summed E-state index contributed by atoms with van der Waals surface area (Å²) in [4.78, 5) is 16.3. The molecule has 0 atom stereocenters. The fourth-order valence-electron chi connectivity index (χ4n) is 2.52. The number of hydrogen-bond donors (Lipinski definition) is 2. The highest BCUT2D eigenvalue weighted by Crippen LogP contribution is 2.22. The van der Waals surface area contributed by atoms with Gasteiger partial charge in [0.1, 0.15) is 17.3 Å². The molecule has 4 nitrogen and oxygen atoms in total. The van der Waals surface area contributed by atoms with Crippen molar-refractivity contribution in [3.63, 3.8) is 0 Å². The number of hydrogen-bond acceptors (Lipinski definition) is 3. The predicted octanol–water partition coefficient (Wildman–Crippen LogP) is 4.92. The van der Waals surface area contributed by atoms with Gasteiger partial charge in [-0.2, -0.15) is 0 Å². The number of benzene rings is 2. The number of amides is 1. The van der Waals surface area contributed by atoms with E-state index in [9.17, 15) is 13.6 Å². The number of aromatic nitrogens is 1. The smallest absolute Gasteiger partial charge is 0.274 e. The number of pyridine rings is 1. The SMILES string of the molecule is CCc1ccccc1Nc1ccnc(C(=O)Nc2ccc(F)cc2F)c1. The molecule has 3 rings (SSSR count). The number of nitrogens with one attached hydrogen (secondary N) is 2. The first-order valence-electron chi connectivity index (χ1n) is 8.14. The van der Waals surface area contributed by atoms with Crippen LogP contribution >= 0.6 is 0 Å². The molecule has 26 heavy (non-hydrogen) atoms. The van der Waals surface area contributed by atoms with Crippen molar-refractivity contribution in [2.75, 3.05) is 10.6 Å². The summed E-state index contributed by atoms with van der Waals surface area (Å²) in [7, 11) is 0. The van der Waals surface area contributed by atoms with E-state index in [0.29, 0.717) is 11.8 Å². The number of halogens is 2. The van der Waals surface area contributed by atoms with Crippen LogP contribution in [0.3, 0.4) is 0 Å². The van der Waals surface area contributed by atoms with E-state index in [1.165, 1.54) is 12.3 Å². The average Bonchev–Trinajstić information content (AvgIpc) is 2.64. The quantitative estimate of drug-likeness (QED) is 0.685. The van der Waals surface area contributed by atoms with Crippen molar-refractivity contribution in [2.24, 2.45) is 0 Å². The summed E-state index contributed by atoms with van der Waals surface area (Å²) >= 11 is 0. The second kappa shape index (κ2) is 7.74. The van der Waals surface area contributed by atoms with Gasteiger partial charge < -0.3 is 10.6 Å². The third-order valence-corrected chi connectivity index (χ3v) is 3.85. The van der Waals surface area contributed by atoms with Crippen molar-refractivity contribution >= 4 is 23.0 Å². The lowest BCUT2D eigenvalue weighted by Gasteiger charge is -2.12. The minimum Gasteiger partial charge on any atom is -0.355 e. The Kier molecular flexibility index (Phi) is 5.22. The highest BCUT2D eigenvalue weighted by molar-refractivity contribution is 6.03. The van der Waals surface area contributed by atoms with Crippen LogP contribution in [0.25, 0.3) is 0 Å². The van der Waals surface area contributed by atoms with E-state index in [1.807, 2.05) is 24.3 Å². The maximum atomic E-state index is 13.7. The Labute approximate surface area is 149 Å². The standard InChI is InChI=1S/C20H17F2N3O/c1-2-13-5-3-4-6-17(13)24-15-9-10-23-19(12-15)20(26)25-18-8-7-14(21)11-16(18)22/h3-12H,2H2,1H3,(H,23,24)(H,25,26). The fraction of sp³-hybridized carbons (Fsp3) is 0.100. The Morgan fingerprint density at radius 3 is 2.62 bits per heavy atom. The molecule has 0 fully saturated rings. The molecule has 0 bridgehead atoms. The van der Waals surface area contributed by atoms with Gasteiger partial charge in [-0.25, -0.2) is 8.78 Å². The Hall–Kier alpha value is -3.28. The van der Waals surface area contributed by atoms with Crippen molar-refractivity contribution in [1.29, 1.82) is 0 Å². The van der Waals surface area contributed by atoms with Gasteiger partial charge in [-0.3, -0.25) is 9.78 Å². The molecule has 0 spiro atoms. The van der Waals surface area contributed by atoms with Crippen LogP contribution in [-0.2, 0) is 6.42 Å². The molecule has 3 aromatic rings. The molecule has 0 saturated carbocycles. The monoisotopic (exact) mass is 353 g/mol. The van der Waals surface area contributed by atoms with Crippen LogP contribution in [0.4, 0.5) is 25.8 Å². The number of aryl methyl sites for hydroxylation is 1. The number of para-hydroxylation sites is 1. The number of carbonyl (C=O) groups excluding carboxylic acids is 1. The summed E-state index contributed by atoms with van der Waals surface area (Å²) in [5.41, 5.74) is 2.78. The molecule has 0 unspecified atom stereocenters. The molecule has 132 valence electrons.